The van der Waals surface area contributed by atoms with Crippen LogP contribution in [-0.2, 0) is 11.2 Å². The molecule has 0 bridgehead atoms. The molecule has 0 fully saturated rings. The number of hydrogen-bond acceptors (Lipinski definition) is 3. The van der Waals surface area contributed by atoms with Gasteiger partial charge in [-0.05, 0) is 11.6 Å². The third-order valence-electron chi connectivity index (χ3n) is 3.00. The van der Waals surface area contributed by atoms with Gasteiger partial charge in [0.2, 0.25) is 5.91 Å². The Kier molecular flexibility index (Phi) is 3.29. The van der Waals surface area contributed by atoms with Gasteiger partial charge in [0.25, 0.3) is 0 Å². The molecule has 1 N–H and O–H groups in total. The van der Waals surface area contributed by atoms with Crippen LogP contribution in [0, 0.1) is 11.3 Å². The van der Waals surface area contributed by atoms with Crippen LogP contribution in [0.3, 0.4) is 0 Å². The van der Waals surface area contributed by atoms with Gasteiger partial charge >= 0.3 is 0 Å². The van der Waals surface area contributed by atoms with E-state index in [1.54, 1.807) is 11.9 Å². The molecule has 0 unspecified atom stereocenters. The van der Waals surface area contributed by atoms with E-state index in [1.807, 2.05) is 30.3 Å². The number of fused-ring (bicyclic) bond motifs is 1. The van der Waals surface area contributed by atoms with E-state index in [-0.39, 0.29) is 11.9 Å². The highest BCUT2D eigenvalue weighted by atomic mass is 16.2. The minimum atomic E-state index is -0.184. The van der Waals surface area contributed by atoms with E-state index in [9.17, 15) is 4.79 Å². The second kappa shape index (κ2) is 4.88. The van der Waals surface area contributed by atoms with Crippen molar-refractivity contribution in [2.75, 3.05) is 18.9 Å². The number of nitrogens with zero attached hydrogens (tertiary/aromatic N) is 2. The minimum Gasteiger partial charge on any atom is -0.373 e. The number of carbonyl (C=O) groups excluding carboxylic acids is 1. The number of rotatable bonds is 3. The summed E-state index contributed by atoms with van der Waals surface area (Å²) in [4.78, 5) is 13.7. The summed E-state index contributed by atoms with van der Waals surface area (Å²) in [6.07, 6.45) is 1.10. The van der Waals surface area contributed by atoms with Crippen LogP contribution in [0.2, 0.25) is 0 Å². The molecule has 0 aliphatic carbocycles. The molecule has 1 heterocycles. The van der Waals surface area contributed by atoms with Gasteiger partial charge in [0.1, 0.15) is 6.04 Å². The summed E-state index contributed by atoms with van der Waals surface area (Å²) in [6, 6.07) is 9.81. The number of likely N-dealkylation sites (N-methyl/N-ethyl adjacent to an activating group) is 1. The van der Waals surface area contributed by atoms with Gasteiger partial charge < -0.3 is 10.2 Å². The third-order valence-corrected chi connectivity index (χ3v) is 3.00. The molecule has 1 aliphatic rings. The van der Waals surface area contributed by atoms with Crippen molar-refractivity contribution in [2.45, 2.75) is 18.9 Å². The maximum absolute atomic E-state index is 12.1. The Morgan fingerprint density at radius 1 is 1.59 bits per heavy atom. The Morgan fingerprint density at radius 3 is 3.06 bits per heavy atom. The fourth-order valence-electron chi connectivity index (χ4n) is 2.04. The Balaban J connectivity index is 1.99. The molecule has 17 heavy (non-hydrogen) atoms. The number of amides is 1. The highest BCUT2D eigenvalue weighted by molar-refractivity contribution is 5.87. The summed E-state index contributed by atoms with van der Waals surface area (Å²) in [5.41, 5.74) is 2.22. The fraction of sp³-hybridized carbons (Fsp3) is 0.385. The number of nitriles is 1. The number of anilines is 1. The molecule has 1 atom stereocenters. The number of hydrogen-bond donors (Lipinski definition) is 1. The van der Waals surface area contributed by atoms with E-state index in [2.05, 4.69) is 5.32 Å². The summed E-state index contributed by atoms with van der Waals surface area (Å²) in [5, 5.41) is 11.7. The van der Waals surface area contributed by atoms with Gasteiger partial charge in [-0.3, -0.25) is 4.79 Å². The van der Waals surface area contributed by atoms with Gasteiger partial charge in [0.05, 0.1) is 12.5 Å². The highest BCUT2D eigenvalue weighted by Gasteiger charge is 2.28. The molecule has 4 nitrogen and oxygen atoms in total. The standard InChI is InChI=1S/C13H15N3O/c1-16(8-4-7-14)13(17)12-9-10-5-2-3-6-11(10)15-12/h2-3,5-6,12,15H,4,8-9H2,1H3/t12-/m0/s1. The Hall–Kier alpha value is -2.02. The van der Waals surface area contributed by atoms with Gasteiger partial charge in [0.15, 0.2) is 0 Å². The third kappa shape index (κ3) is 2.39. The second-order valence-corrected chi connectivity index (χ2v) is 4.23. The smallest absolute Gasteiger partial charge is 0.245 e. The average Bonchev–Trinajstić information content (AvgIpc) is 2.78. The van der Waals surface area contributed by atoms with Crippen molar-refractivity contribution in [2.24, 2.45) is 0 Å². The molecule has 0 saturated carbocycles. The monoisotopic (exact) mass is 229 g/mol. The van der Waals surface area contributed by atoms with Crippen LogP contribution in [-0.4, -0.2) is 30.4 Å². The van der Waals surface area contributed by atoms with Gasteiger partial charge in [-0.2, -0.15) is 5.26 Å². The van der Waals surface area contributed by atoms with Crippen molar-refractivity contribution in [1.29, 1.82) is 5.26 Å². The fourth-order valence-corrected chi connectivity index (χ4v) is 2.04. The molecular weight excluding hydrogens is 214 g/mol. The van der Waals surface area contributed by atoms with Gasteiger partial charge in [0, 0.05) is 25.7 Å². The van der Waals surface area contributed by atoms with E-state index < -0.39 is 0 Å². The van der Waals surface area contributed by atoms with Crippen molar-refractivity contribution in [3.63, 3.8) is 0 Å². The van der Waals surface area contributed by atoms with Crippen LogP contribution in [0.1, 0.15) is 12.0 Å². The zero-order chi connectivity index (χ0) is 12.3. The van der Waals surface area contributed by atoms with Crippen LogP contribution in [0.25, 0.3) is 0 Å². The van der Waals surface area contributed by atoms with Crippen LogP contribution in [0.15, 0.2) is 24.3 Å². The summed E-state index contributed by atoms with van der Waals surface area (Å²) in [6.45, 7) is 0.490. The summed E-state index contributed by atoms with van der Waals surface area (Å²) >= 11 is 0. The van der Waals surface area contributed by atoms with Crippen LogP contribution < -0.4 is 5.32 Å². The number of para-hydroxylation sites is 1. The van der Waals surface area contributed by atoms with E-state index in [1.165, 1.54) is 5.56 Å². The lowest BCUT2D eigenvalue weighted by molar-refractivity contribution is -0.130. The first-order valence-corrected chi connectivity index (χ1v) is 5.68. The van der Waals surface area contributed by atoms with Gasteiger partial charge in [-0.25, -0.2) is 0 Å². The quantitative estimate of drug-likeness (QED) is 0.852. The normalized spacial score (nSPS) is 16.8. The molecule has 0 saturated heterocycles. The van der Waals surface area contributed by atoms with E-state index in [0.717, 1.165) is 12.1 Å². The number of benzene rings is 1. The van der Waals surface area contributed by atoms with Gasteiger partial charge in [-0.15, -0.1) is 0 Å². The summed E-state index contributed by atoms with van der Waals surface area (Å²) in [7, 11) is 1.74. The van der Waals surface area contributed by atoms with Crippen LogP contribution >= 0.6 is 0 Å². The first kappa shape index (κ1) is 11.5. The maximum atomic E-state index is 12.1. The SMILES string of the molecule is CN(CCC#N)C(=O)[C@@H]1Cc2ccccc2N1. The van der Waals surface area contributed by atoms with Crippen molar-refractivity contribution in [1.82, 2.24) is 4.90 Å². The lowest BCUT2D eigenvalue weighted by atomic mass is 10.1. The average molecular weight is 229 g/mol. The van der Waals surface area contributed by atoms with Crippen molar-refractivity contribution < 1.29 is 4.79 Å². The predicted octanol–water partition coefficient (Wildman–Crippen LogP) is 1.40. The zero-order valence-corrected chi connectivity index (χ0v) is 9.81. The van der Waals surface area contributed by atoms with Crippen molar-refractivity contribution in [3.05, 3.63) is 29.8 Å². The molecule has 88 valence electrons. The Morgan fingerprint density at radius 2 is 2.35 bits per heavy atom. The van der Waals surface area contributed by atoms with E-state index >= 15 is 0 Å². The zero-order valence-electron chi connectivity index (χ0n) is 9.81. The predicted molar refractivity (Wildman–Crippen MR) is 65.4 cm³/mol. The Bertz CT molecular complexity index is 439. The maximum Gasteiger partial charge on any atom is 0.245 e. The first-order chi connectivity index (χ1) is 8.22. The molecule has 1 aromatic rings. The van der Waals surface area contributed by atoms with Crippen molar-refractivity contribution in [3.8, 4) is 6.07 Å². The van der Waals surface area contributed by atoms with E-state index in [4.69, 9.17) is 5.26 Å². The lowest BCUT2D eigenvalue weighted by Gasteiger charge is -2.20. The van der Waals surface area contributed by atoms with E-state index in [0.29, 0.717) is 13.0 Å². The molecule has 2 rings (SSSR count). The van der Waals surface area contributed by atoms with Crippen LogP contribution in [0.5, 0.6) is 0 Å². The lowest BCUT2D eigenvalue weighted by Crippen LogP contribution is -2.40. The van der Waals surface area contributed by atoms with Gasteiger partial charge in [-0.1, -0.05) is 18.2 Å². The first-order valence-electron chi connectivity index (χ1n) is 5.68. The molecule has 0 radical (unpaired) electrons. The highest BCUT2D eigenvalue weighted by Crippen LogP contribution is 2.25. The Labute approximate surface area is 101 Å². The molecule has 0 spiro atoms. The molecular formula is C13H15N3O. The molecule has 1 amide bonds. The number of nitrogens with one attached hydrogen (secondary N) is 1. The van der Waals surface area contributed by atoms with Crippen LogP contribution in [0.4, 0.5) is 5.69 Å². The number of carbonyl (C=O) groups is 1. The molecule has 1 aromatic carbocycles. The van der Waals surface area contributed by atoms with Crippen molar-refractivity contribution >= 4 is 11.6 Å². The molecule has 4 heteroatoms. The summed E-state index contributed by atoms with van der Waals surface area (Å²) in [5.74, 6) is 0.0523. The largest absolute Gasteiger partial charge is 0.373 e. The molecule has 1 aliphatic heterocycles. The minimum absolute atomic E-state index is 0.0523. The second-order valence-electron chi connectivity index (χ2n) is 4.23. The molecule has 0 aromatic heterocycles. The topological polar surface area (TPSA) is 56.1 Å². The summed E-state index contributed by atoms with van der Waals surface area (Å²) < 4.78 is 0.